The van der Waals surface area contributed by atoms with E-state index < -0.39 is 0 Å². The first kappa shape index (κ1) is 10.8. The number of hydrogen-bond donors (Lipinski definition) is 3. The minimum atomic E-state index is -0.372. The van der Waals surface area contributed by atoms with Crippen molar-refractivity contribution in [2.24, 2.45) is 0 Å². The van der Waals surface area contributed by atoms with Gasteiger partial charge in [-0.05, 0) is 37.5 Å². The van der Waals surface area contributed by atoms with E-state index in [1.165, 1.54) is 5.57 Å². The van der Waals surface area contributed by atoms with Crippen molar-refractivity contribution in [1.82, 2.24) is 10.6 Å². The minimum absolute atomic E-state index is 0.0765. The van der Waals surface area contributed by atoms with Crippen molar-refractivity contribution < 1.29 is 5.11 Å². The Hall–Kier alpha value is -0.670. The average Bonchev–Trinajstić information content (AvgIpc) is 2.22. The highest BCUT2D eigenvalue weighted by Crippen LogP contribution is 2.22. The molecule has 0 aromatic carbocycles. The fourth-order valence-electron chi connectivity index (χ4n) is 1.94. The van der Waals surface area contributed by atoms with Crippen LogP contribution in [-0.4, -0.2) is 16.8 Å². The lowest BCUT2D eigenvalue weighted by Crippen LogP contribution is -2.31. The number of alkyl halides is 1. The minimum Gasteiger partial charge on any atom is -0.375 e. The smallest absolute Gasteiger partial charge is 0.124 e. The molecule has 3 N–H and O–H groups in total. The summed E-state index contributed by atoms with van der Waals surface area (Å²) < 4.78 is 0. The second-order valence-corrected chi connectivity index (χ2v) is 4.65. The van der Waals surface area contributed by atoms with Crippen molar-refractivity contribution >= 4 is 11.6 Å². The van der Waals surface area contributed by atoms with E-state index in [1.807, 2.05) is 6.20 Å². The van der Waals surface area contributed by atoms with Gasteiger partial charge in [-0.25, -0.2) is 0 Å². The second kappa shape index (κ2) is 4.90. The lowest BCUT2D eigenvalue weighted by molar-refractivity contribution is 0.133. The lowest BCUT2D eigenvalue weighted by atomic mass is 10.0. The molecule has 0 bridgehead atoms. The van der Waals surface area contributed by atoms with Gasteiger partial charge in [-0.2, -0.15) is 0 Å². The largest absolute Gasteiger partial charge is 0.375 e. The molecule has 2 aliphatic heterocycles. The SMILES string of the molecule is OC1CCC=C(CC2=CNC(Cl)CC2)N1. The molecule has 2 atom stereocenters. The summed E-state index contributed by atoms with van der Waals surface area (Å²) >= 11 is 5.92. The van der Waals surface area contributed by atoms with Gasteiger partial charge < -0.3 is 15.7 Å². The summed E-state index contributed by atoms with van der Waals surface area (Å²) in [7, 11) is 0. The highest BCUT2D eigenvalue weighted by molar-refractivity contribution is 6.20. The van der Waals surface area contributed by atoms with Gasteiger partial charge in [0.25, 0.3) is 0 Å². The molecule has 0 aliphatic carbocycles. The molecule has 0 aromatic heterocycles. The Kier molecular flexibility index (Phi) is 3.54. The van der Waals surface area contributed by atoms with Crippen LogP contribution < -0.4 is 10.6 Å². The topological polar surface area (TPSA) is 44.3 Å². The van der Waals surface area contributed by atoms with Gasteiger partial charge in [-0.15, -0.1) is 0 Å². The van der Waals surface area contributed by atoms with Crippen molar-refractivity contribution in [3.63, 3.8) is 0 Å². The summed E-state index contributed by atoms with van der Waals surface area (Å²) in [6.45, 7) is 0. The molecule has 3 nitrogen and oxygen atoms in total. The van der Waals surface area contributed by atoms with E-state index in [-0.39, 0.29) is 11.7 Å². The number of aliphatic hydroxyl groups is 1. The van der Waals surface area contributed by atoms with Crippen LogP contribution in [-0.2, 0) is 0 Å². The Balaban J connectivity index is 1.89. The molecule has 0 saturated heterocycles. The maximum Gasteiger partial charge on any atom is 0.124 e. The molecule has 0 saturated carbocycles. The molecule has 0 spiro atoms. The summed E-state index contributed by atoms with van der Waals surface area (Å²) in [6, 6.07) is 0. The first-order valence-corrected chi connectivity index (χ1v) is 5.89. The summed E-state index contributed by atoms with van der Waals surface area (Å²) in [5, 5.41) is 15.7. The van der Waals surface area contributed by atoms with E-state index in [2.05, 4.69) is 16.7 Å². The van der Waals surface area contributed by atoms with E-state index >= 15 is 0 Å². The number of hydrogen-bond acceptors (Lipinski definition) is 3. The van der Waals surface area contributed by atoms with E-state index in [0.29, 0.717) is 0 Å². The predicted molar refractivity (Wildman–Crippen MR) is 61.2 cm³/mol. The molecule has 15 heavy (non-hydrogen) atoms. The monoisotopic (exact) mass is 228 g/mol. The molecule has 2 aliphatic rings. The third-order valence-corrected chi connectivity index (χ3v) is 3.13. The lowest BCUT2D eigenvalue weighted by Gasteiger charge is -2.24. The van der Waals surface area contributed by atoms with Crippen molar-refractivity contribution in [2.75, 3.05) is 0 Å². The normalized spacial score (nSPS) is 31.1. The quantitative estimate of drug-likeness (QED) is 0.499. The van der Waals surface area contributed by atoms with Crippen molar-refractivity contribution in [2.45, 2.75) is 43.8 Å². The summed E-state index contributed by atoms with van der Waals surface area (Å²) in [5.74, 6) is 0. The molecule has 2 heterocycles. The van der Waals surface area contributed by atoms with Gasteiger partial charge in [0.05, 0.1) is 0 Å². The molecule has 2 rings (SSSR count). The van der Waals surface area contributed by atoms with Crippen LogP contribution in [0.15, 0.2) is 23.5 Å². The maximum absolute atomic E-state index is 9.44. The number of halogens is 1. The Morgan fingerprint density at radius 3 is 3.00 bits per heavy atom. The van der Waals surface area contributed by atoms with E-state index in [9.17, 15) is 5.11 Å². The van der Waals surface area contributed by atoms with Crippen LogP contribution in [0.25, 0.3) is 0 Å². The van der Waals surface area contributed by atoms with Gasteiger partial charge >= 0.3 is 0 Å². The number of nitrogens with one attached hydrogen (secondary N) is 2. The molecule has 0 fully saturated rings. The van der Waals surface area contributed by atoms with Gasteiger partial charge in [0.15, 0.2) is 0 Å². The zero-order valence-corrected chi connectivity index (χ0v) is 9.43. The van der Waals surface area contributed by atoms with Gasteiger partial charge in [0.2, 0.25) is 0 Å². The molecule has 0 radical (unpaired) electrons. The van der Waals surface area contributed by atoms with Gasteiger partial charge in [0, 0.05) is 12.1 Å². The number of aliphatic hydroxyl groups excluding tert-OH is 1. The maximum atomic E-state index is 9.44. The Bertz CT molecular complexity index is 288. The Labute approximate surface area is 95.2 Å². The molecule has 4 heteroatoms. The van der Waals surface area contributed by atoms with Crippen LogP contribution in [0.4, 0.5) is 0 Å². The van der Waals surface area contributed by atoms with Crippen molar-refractivity contribution in [3.05, 3.63) is 23.5 Å². The van der Waals surface area contributed by atoms with Crippen LogP contribution in [0.2, 0.25) is 0 Å². The van der Waals surface area contributed by atoms with Crippen LogP contribution in [0.5, 0.6) is 0 Å². The number of allylic oxidation sites excluding steroid dienone is 2. The Morgan fingerprint density at radius 2 is 2.33 bits per heavy atom. The predicted octanol–water partition coefficient (Wildman–Crippen LogP) is 1.79. The van der Waals surface area contributed by atoms with Crippen molar-refractivity contribution in [3.8, 4) is 0 Å². The van der Waals surface area contributed by atoms with E-state index in [4.69, 9.17) is 11.6 Å². The first-order valence-electron chi connectivity index (χ1n) is 5.46. The van der Waals surface area contributed by atoms with Crippen LogP contribution in [0.3, 0.4) is 0 Å². The summed E-state index contributed by atoms with van der Waals surface area (Å²) in [6.07, 6.45) is 8.48. The van der Waals surface area contributed by atoms with E-state index in [0.717, 1.165) is 37.8 Å². The van der Waals surface area contributed by atoms with Gasteiger partial charge in [-0.3, -0.25) is 0 Å². The second-order valence-electron chi connectivity index (χ2n) is 4.12. The van der Waals surface area contributed by atoms with Gasteiger partial charge in [-0.1, -0.05) is 17.7 Å². The zero-order valence-electron chi connectivity index (χ0n) is 8.67. The average molecular weight is 229 g/mol. The highest BCUT2D eigenvalue weighted by Gasteiger charge is 2.15. The molecular weight excluding hydrogens is 212 g/mol. The molecule has 0 amide bonds. The Morgan fingerprint density at radius 1 is 1.47 bits per heavy atom. The van der Waals surface area contributed by atoms with Crippen molar-refractivity contribution in [1.29, 1.82) is 0 Å². The summed E-state index contributed by atoms with van der Waals surface area (Å²) in [5.41, 5.74) is 2.56. The van der Waals surface area contributed by atoms with Gasteiger partial charge in [0.1, 0.15) is 11.7 Å². The summed E-state index contributed by atoms with van der Waals surface area (Å²) in [4.78, 5) is 0. The van der Waals surface area contributed by atoms with Crippen LogP contribution >= 0.6 is 11.6 Å². The van der Waals surface area contributed by atoms with E-state index in [1.54, 1.807) is 0 Å². The highest BCUT2D eigenvalue weighted by atomic mass is 35.5. The van der Waals surface area contributed by atoms with Crippen LogP contribution in [0, 0.1) is 0 Å². The first-order chi connectivity index (χ1) is 7.24. The number of rotatable bonds is 2. The van der Waals surface area contributed by atoms with Crippen LogP contribution in [0.1, 0.15) is 32.1 Å². The molecule has 2 unspecified atom stereocenters. The fourth-order valence-corrected chi connectivity index (χ4v) is 2.12. The molecule has 0 aromatic rings. The zero-order chi connectivity index (χ0) is 10.7. The fraction of sp³-hybridized carbons (Fsp3) is 0.636. The standard InChI is InChI=1S/C11H17ClN2O/c12-10-5-4-8(7-13-10)6-9-2-1-3-11(15)14-9/h2,7,10-11,13-15H,1,3-6H2. The molecular formula is C11H17ClN2O. The third-order valence-electron chi connectivity index (χ3n) is 2.79. The molecule has 84 valence electrons. The third kappa shape index (κ3) is 3.14.